The zero-order chi connectivity index (χ0) is 31.8. The second kappa shape index (κ2) is 10.5. The van der Waals surface area contributed by atoms with Gasteiger partial charge in [0.2, 0.25) is 0 Å². The molecule has 0 spiro atoms. The molecule has 0 saturated heterocycles. The van der Waals surface area contributed by atoms with E-state index in [1.165, 1.54) is 0 Å². The van der Waals surface area contributed by atoms with E-state index in [0.717, 1.165) is 49.7 Å². The highest BCUT2D eigenvalue weighted by Gasteiger charge is 2.71. The summed E-state index contributed by atoms with van der Waals surface area (Å²) in [7, 11) is 0. The zero-order valence-corrected chi connectivity index (χ0v) is 28.4. The summed E-state index contributed by atoms with van der Waals surface area (Å²) in [4.78, 5) is 29.3. The van der Waals surface area contributed by atoms with E-state index in [9.17, 15) is 9.59 Å². The predicted molar refractivity (Wildman–Crippen MR) is 176 cm³/mol. The molecule has 8 atom stereocenters. The summed E-state index contributed by atoms with van der Waals surface area (Å²) in [6, 6.07) is 4.01. The first-order valence-corrected chi connectivity index (χ1v) is 17.0. The van der Waals surface area contributed by atoms with Crippen LogP contribution in [0.5, 0.6) is 0 Å². The number of allylic oxidation sites excluding steroid dienone is 2. The molecular formula is C40H54O4. The maximum absolute atomic E-state index is 14.7. The summed E-state index contributed by atoms with van der Waals surface area (Å²) in [6.45, 7) is 18.8. The molecule has 238 valence electrons. The van der Waals surface area contributed by atoms with Crippen LogP contribution < -0.4 is 0 Å². The molecule has 2 heterocycles. The van der Waals surface area contributed by atoms with Crippen molar-refractivity contribution in [3.8, 4) is 0 Å². The lowest BCUT2D eigenvalue weighted by atomic mass is 9.33. The van der Waals surface area contributed by atoms with Crippen molar-refractivity contribution in [2.45, 2.75) is 107 Å². The largest absolute Gasteiger partial charge is 0.472 e. The molecule has 4 heteroatoms. The Morgan fingerprint density at radius 1 is 0.614 bits per heavy atom. The SMILES string of the molecule is CC1(C)CCC[C@@]2(C)[C@H]1C(=O)CC(C)(C1(C)CC(=O)[C@H]3C(C)(C)CCC[C@]3(C)C1/C=C/c1ccoc1)[C@@H]2/C=C/c1ccoc1. The van der Waals surface area contributed by atoms with Gasteiger partial charge < -0.3 is 8.83 Å². The lowest BCUT2D eigenvalue weighted by molar-refractivity contribution is -0.204. The van der Waals surface area contributed by atoms with Gasteiger partial charge in [0, 0.05) is 35.8 Å². The number of furan rings is 2. The van der Waals surface area contributed by atoms with E-state index in [2.05, 4.69) is 79.7 Å². The summed E-state index contributed by atoms with van der Waals surface area (Å²) in [6.07, 6.45) is 23.7. The van der Waals surface area contributed by atoms with Gasteiger partial charge in [-0.05, 0) is 82.1 Å². The first-order valence-electron chi connectivity index (χ1n) is 17.0. The van der Waals surface area contributed by atoms with Crippen LogP contribution in [0.25, 0.3) is 12.2 Å². The van der Waals surface area contributed by atoms with Gasteiger partial charge in [-0.1, -0.05) is 92.5 Å². The van der Waals surface area contributed by atoms with E-state index in [-0.39, 0.29) is 45.3 Å². The molecule has 0 radical (unpaired) electrons. The van der Waals surface area contributed by atoms with Crippen LogP contribution in [0, 0.1) is 56.2 Å². The molecule has 4 aliphatic carbocycles. The van der Waals surface area contributed by atoms with Gasteiger partial charge in [0.1, 0.15) is 11.6 Å². The van der Waals surface area contributed by atoms with E-state index in [4.69, 9.17) is 8.83 Å². The van der Waals surface area contributed by atoms with Crippen molar-refractivity contribution in [3.63, 3.8) is 0 Å². The first kappa shape index (κ1) is 31.4. The van der Waals surface area contributed by atoms with E-state index in [1.54, 1.807) is 25.1 Å². The molecule has 44 heavy (non-hydrogen) atoms. The third-order valence-corrected chi connectivity index (χ3v) is 13.8. The Balaban J connectivity index is 1.56. The van der Waals surface area contributed by atoms with Gasteiger partial charge in [-0.25, -0.2) is 0 Å². The molecule has 4 saturated carbocycles. The molecule has 0 aromatic carbocycles. The minimum Gasteiger partial charge on any atom is -0.472 e. The van der Waals surface area contributed by atoms with Crippen molar-refractivity contribution in [1.82, 2.24) is 0 Å². The molecule has 4 fully saturated rings. The highest BCUT2D eigenvalue weighted by atomic mass is 16.3. The molecule has 2 aromatic heterocycles. The second-order valence-electron chi connectivity index (χ2n) is 17.5. The number of hydrogen-bond donors (Lipinski definition) is 0. The van der Waals surface area contributed by atoms with Crippen molar-refractivity contribution < 1.29 is 18.4 Å². The number of rotatable bonds is 5. The van der Waals surface area contributed by atoms with Crippen molar-refractivity contribution in [2.24, 2.45) is 56.2 Å². The first-order chi connectivity index (χ1) is 20.6. The standard InChI is InChI=1S/C40H54O4/c1-35(2)17-9-19-37(5)31(13-11-27-15-21-43-25-27)39(7,23-29(41)33(35)37)40(8)24-30(42)34-36(3,4)18-10-20-38(34,6)32(40)14-12-28-16-22-44-26-28/h11-16,21-22,25-26,31-34H,9-10,17-20,23-24H2,1-8H3/b13-11+,14-12+/t31-,32?,33+,34+,37-,38-,39?,40?/m1/s1. The van der Waals surface area contributed by atoms with Gasteiger partial charge in [0.05, 0.1) is 25.1 Å². The molecular weight excluding hydrogens is 544 g/mol. The van der Waals surface area contributed by atoms with Gasteiger partial charge in [-0.3, -0.25) is 9.59 Å². The Morgan fingerprint density at radius 3 is 1.34 bits per heavy atom. The summed E-state index contributed by atoms with van der Waals surface area (Å²) in [5.74, 6) is 1.02. The van der Waals surface area contributed by atoms with Crippen LogP contribution in [0.4, 0.5) is 0 Å². The van der Waals surface area contributed by atoms with E-state index < -0.39 is 10.8 Å². The molecule has 0 amide bonds. The summed E-state index contributed by atoms with van der Waals surface area (Å²) in [5, 5.41) is 0. The summed E-state index contributed by atoms with van der Waals surface area (Å²) >= 11 is 0. The van der Waals surface area contributed by atoms with Crippen LogP contribution in [-0.4, -0.2) is 11.6 Å². The lowest BCUT2D eigenvalue weighted by Crippen LogP contribution is -2.67. The van der Waals surface area contributed by atoms with Gasteiger partial charge >= 0.3 is 0 Å². The Labute approximate surface area is 265 Å². The quantitative estimate of drug-likeness (QED) is 0.343. The number of fused-ring (bicyclic) bond motifs is 2. The topological polar surface area (TPSA) is 60.4 Å². The Morgan fingerprint density at radius 2 is 1.00 bits per heavy atom. The zero-order valence-electron chi connectivity index (χ0n) is 28.4. The molecule has 0 N–H and O–H groups in total. The van der Waals surface area contributed by atoms with Crippen molar-refractivity contribution in [2.75, 3.05) is 0 Å². The van der Waals surface area contributed by atoms with Crippen LogP contribution in [0.2, 0.25) is 0 Å². The minimum absolute atomic E-state index is 0.00408. The Kier molecular flexibility index (Phi) is 7.46. The molecule has 0 aliphatic heterocycles. The maximum atomic E-state index is 14.7. The molecule has 4 aliphatic rings. The fraction of sp³-hybridized carbons (Fsp3) is 0.650. The molecule has 6 rings (SSSR count). The van der Waals surface area contributed by atoms with Gasteiger partial charge in [-0.15, -0.1) is 0 Å². The average Bonchev–Trinajstić information content (AvgIpc) is 3.61. The van der Waals surface area contributed by atoms with Crippen LogP contribution in [0.15, 0.2) is 58.2 Å². The van der Waals surface area contributed by atoms with Crippen molar-refractivity contribution in [3.05, 3.63) is 60.5 Å². The predicted octanol–water partition coefficient (Wildman–Crippen LogP) is 10.5. The molecule has 3 unspecified atom stereocenters. The highest BCUT2D eigenvalue weighted by Crippen LogP contribution is 2.74. The van der Waals surface area contributed by atoms with E-state index in [1.807, 2.05) is 12.1 Å². The third kappa shape index (κ3) is 4.59. The van der Waals surface area contributed by atoms with Crippen LogP contribution in [-0.2, 0) is 9.59 Å². The average molecular weight is 599 g/mol. The number of carbonyl (C=O) groups excluding carboxylic acids is 2. The van der Waals surface area contributed by atoms with Crippen molar-refractivity contribution in [1.29, 1.82) is 0 Å². The van der Waals surface area contributed by atoms with Crippen molar-refractivity contribution >= 4 is 23.7 Å². The van der Waals surface area contributed by atoms with Crippen LogP contribution >= 0.6 is 0 Å². The highest BCUT2D eigenvalue weighted by molar-refractivity contribution is 5.87. The summed E-state index contributed by atoms with van der Waals surface area (Å²) < 4.78 is 10.9. The number of Topliss-reactive ketones (excluding diaryl/α,β-unsaturated/α-hetero) is 2. The third-order valence-electron chi connectivity index (χ3n) is 13.8. The number of carbonyl (C=O) groups is 2. The second-order valence-corrected chi connectivity index (χ2v) is 17.5. The monoisotopic (exact) mass is 598 g/mol. The smallest absolute Gasteiger partial charge is 0.137 e. The lowest BCUT2D eigenvalue weighted by Gasteiger charge is -2.70. The number of hydrogen-bond acceptors (Lipinski definition) is 4. The Hall–Kier alpha value is -2.62. The van der Waals surface area contributed by atoms with E-state index >= 15 is 0 Å². The molecule has 0 bridgehead atoms. The maximum Gasteiger partial charge on any atom is 0.137 e. The fourth-order valence-electron chi connectivity index (χ4n) is 12.2. The van der Waals surface area contributed by atoms with Crippen LogP contribution in [0.1, 0.15) is 118 Å². The number of ketones is 2. The minimum atomic E-state index is -0.431. The Bertz CT molecular complexity index is 1330. The molecule has 2 aromatic rings. The van der Waals surface area contributed by atoms with E-state index in [0.29, 0.717) is 24.4 Å². The van der Waals surface area contributed by atoms with Crippen LogP contribution in [0.3, 0.4) is 0 Å². The van der Waals surface area contributed by atoms with Gasteiger partial charge in [0.15, 0.2) is 0 Å². The fourth-order valence-corrected chi connectivity index (χ4v) is 12.2. The van der Waals surface area contributed by atoms with Gasteiger partial charge in [0.25, 0.3) is 0 Å². The van der Waals surface area contributed by atoms with Gasteiger partial charge in [-0.2, -0.15) is 0 Å². The molecule has 4 nitrogen and oxygen atoms in total. The normalized spacial score (nSPS) is 42.0. The summed E-state index contributed by atoms with van der Waals surface area (Å²) in [5.41, 5.74) is 0.701.